The van der Waals surface area contributed by atoms with Crippen LogP contribution in [0.3, 0.4) is 0 Å². The normalized spacial score (nSPS) is 11.4. The highest BCUT2D eigenvalue weighted by Gasteiger charge is 2.04. The van der Waals surface area contributed by atoms with Crippen molar-refractivity contribution in [2.24, 2.45) is 5.10 Å². The van der Waals surface area contributed by atoms with Crippen molar-refractivity contribution in [3.05, 3.63) is 34.9 Å². The Morgan fingerprint density at radius 1 is 1.47 bits per heavy atom. The van der Waals surface area contributed by atoms with Crippen LogP contribution in [0.1, 0.15) is 43.5 Å². The maximum Gasteiger partial charge on any atom is 0.271 e. The van der Waals surface area contributed by atoms with Crippen molar-refractivity contribution in [1.29, 1.82) is 0 Å². The maximum atomic E-state index is 11.7. The average molecular weight is 253 g/mol. The van der Waals surface area contributed by atoms with Gasteiger partial charge in [-0.25, -0.2) is 5.43 Å². The van der Waals surface area contributed by atoms with Crippen molar-refractivity contribution in [3.8, 4) is 0 Å². The van der Waals surface area contributed by atoms with Crippen LogP contribution < -0.4 is 5.43 Å². The number of nitrogens with zero attached hydrogens (tertiary/aromatic N) is 1. The van der Waals surface area contributed by atoms with Gasteiger partial charge in [-0.3, -0.25) is 4.79 Å². The third-order valence-corrected chi connectivity index (χ3v) is 2.56. The Hall–Kier alpha value is -1.35. The molecule has 92 valence electrons. The third-order valence-electron chi connectivity index (χ3n) is 2.33. The van der Waals surface area contributed by atoms with E-state index in [2.05, 4.69) is 17.5 Å². The summed E-state index contributed by atoms with van der Waals surface area (Å²) >= 11 is 5.80. The molecule has 0 unspecified atom stereocenters. The van der Waals surface area contributed by atoms with E-state index in [0.717, 1.165) is 25.0 Å². The zero-order chi connectivity index (χ0) is 12.7. The van der Waals surface area contributed by atoms with Crippen LogP contribution in [0.4, 0.5) is 0 Å². The second-order valence-electron chi connectivity index (χ2n) is 3.90. The van der Waals surface area contributed by atoms with Crippen molar-refractivity contribution < 1.29 is 4.79 Å². The van der Waals surface area contributed by atoms with Crippen LogP contribution in [0, 0.1) is 0 Å². The summed E-state index contributed by atoms with van der Waals surface area (Å²) in [4.78, 5) is 11.7. The monoisotopic (exact) mass is 252 g/mol. The molecule has 0 heterocycles. The summed E-state index contributed by atoms with van der Waals surface area (Å²) in [6.07, 6.45) is 3.11. The summed E-state index contributed by atoms with van der Waals surface area (Å²) < 4.78 is 0. The van der Waals surface area contributed by atoms with Gasteiger partial charge in [0.05, 0.1) is 0 Å². The topological polar surface area (TPSA) is 41.5 Å². The van der Waals surface area contributed by atoms with E-state index in [-0.39, 0.29) is 5.91 Å². The Kier molecular flexibility index (Phi) is 5.70. The molecule has 17 heavy (non-hydrogen) atoms. The molecule has 1 aromatic carbocycles. The first kappa shape index (κ1) is 13.7. The second-order valence-corrected chi connectivity index (χ2v) is 4.34. The van der Waals surface area contributed by atoms with E-state index in [1.54, 1.807) is 24.3 Å². The summed E-state index contributed by atoms with van der Waals surface area (Å²) in [5.41, 5.74) is 3.98. The fourth-order valence-corrected chi connectivity index (χ4v) is 1.52. The zero-order valence-electron chi connectivity index (χ0n) is 10.2. The predicted molar refractivity (Wildman–Crippen MR) is 71.6 cm³/mol. The minimum Gasteiger partial charge on any atom is -0.267 e. The van der Waals surface area contributed by atoms with Gasteiger partial charge >= 0.3 is 0 Å². The average Bonchev–Trinajstić information content (AvgIpc) is 2.33. The molecule has 1 N–H and O–H groups in total. The molecule has 0 saturated carbocycles. The molecule has 0 atom stereocenters. The van der Waals surface area contributed by atoms with Crippen LogP contribution >= 0.6 is 11.6 Å². The predicted octanol–water partition coefficient (Wildman–Crippen LogP) is 3.64. The van der Waals surface area contributed by atoms with Gasteiger partial charge in [0.1, 0.15) is 0 Å². The zero-order valence-corrected chi connectivity index (χ0v) is 10.9. The van der Waals surface area contributed by atoms with Gasteiger partial charge in [-0.1, -0.05) is 31.0 Å². The fraction of sp³-hybridized carbons (Fsp3) is 0.385. The van der Waals surface area contributed by atoms with Gasteiger partial charge in [-0.2, -0.15) is 5.10 Å². The first-order valence-electron chi connectivity index (χ1n) is 5.72. The molecule has 0 spiro atoms. The van der Waals surface area contributed by atoms with E-state index in [1.807, 2.05) is 6.92 Å². The van der Waals surface area contributed by atoms with Gasteiger partial charge in [0.15, 0.2) is 0 Å². The van der Waals surface area contributed by atoms with Crippen LogP contribution in [-0.2, 0) is 0 Å². The number of amides is 1. The fourth-order valence-electron chi connectivity index (χ4n) is 1.33. The quantitative estimate of drug-likeness (QED) is 0.631. The highest BCUT2D eigenvalue weighted by molar-refractivity contribution is 6.30. The summed E-state index contributed by atoms with van der Waals surface area (Å²) in [6, 6.07) is 6.80. The van der Waals surface area contributed by atoms with Crippen molar-refractivity contribution in [2.75, 3.05) is 0 Å². The van der Waals surface area contributed by atoms with Crippen molar-refractivity contribution >= 4 is 23.2 Å². The maximum absolute atomic E-state index is 11.7. The molecular formula is C13H17ClN2O. The lowest BCUT2D eigenvalue weighted by Crippen LogP contribution is -2.18. The smallest absolute Gasteiger partial charge is 0.267 e. The number of unbranched alkanes of at least 4 members (excludes halogenated alkanes) is 1. The molecule has 0 fully saturated rings. The number of benzene rings is 1. The largest absolute Gasteiger partial charge is 0.271 e. The number of nitrogens with one attached hydrogen (secondary N) is 1. The number of rotatable bonds is 5. The summed E-state index contributed by atoms with van der Waals surface area (Å²) in [7, 11) is 0. The minimum atomic E-state index is -0.233. The molecule has 3 nitrogen and oxygen atoms in total. The minimum absolute atomic E-state index is 0.233. The van der Waals surface area contributed by atoms with E-state index < -0.39 is 0 Å². The molecule has 4 heteroatoms. The third kappa shape index (κ3) is 5.00. The number of halogens is 1. The first-order valence-corrected chi connectivity index (χ1v) is 6.10. The van der Waals surface area contributed by atoms with E-state index >= 15 is 0 Å². The van der Waals surface area contributed by atoms with E-state index in [9.17, 15) is 4.79 Å². The standard InChI is InChI=1S/C13H17ClN2O/c1-3-4-6-10(2)15-16-13(17)11-7-5-8-12(14)9-11/h5,7-9H,3-4,6H2,1-2H3,(H,16,17)/b15-10+. The number of hydrazone groups is 1. The van der Waals surface area contributed by atoms with Crippen molar-refractivity contribution in [3.63, 3.8) is 0 Å². The van der Waals surface area contributed by atoms with Gasteiger partial charge in [0.25, 0.3) is 5.91 Å². The summed E-state index contributed by atoms with van der Waals surface area (Å²) in [5, 5.41) is 4.59. The summed E-state index contributed by atoms with van der Waals surface area (Å²) in [5.74, 6) is -0.233. The lowest BCUT2D eigenvalue weighted by atomic mass is 10.2. The molecule has 0 aliphatic rings. The van der Waals surface area contributed by atoms with E-state index in [4.69, 9.17) is 11.6 Å². The molecule has 0 aromatic heterocycles. The number of hydrogen-bond donors (Lipinski definition) is 1. The van der Waals surface area contributed by atoms with Crippen LogP contribution in [-0.4, -0.2) is 11.6 Å². The van der Waals surface area contributed by atoms with E-state index in [1.165, 1.54) is 0 Å². The van der Waals surface area contributed by atoms with Crippen LogP contribution in [0.2, 0.25) is 5.02 Å². The molecular weight excluding hydrogens is 236 g/mol. The molecule has 0 saturated heterocycles. The Balaban J connectivity index is 2.55. The SMILES string of the molecule is CCCC/C(C)=N/NC(=O)c1cccc(Cl)c1. The molecule has 1 aromatic rings. The van der Waals surface area contributed by atoms with Crippen molar-refractivity contribution in [2.45, 2.75) is 33.1 Å². The van der Waals surface area contributed by atoms with Crippen LogP contribution in [0.15, 0.2) is 29.4 Å². The van der Waals surface area contributed by atoms with Crippen LogP contribution in [0.25, 0.3) is 0 Å². The molecule has 0 radical (unpaired) electrons. The Morgan fingerprint density at radius 2 is 2.24 bits per heavy atom. The van der Waals surface area contributed by atoms with Crippen molar-refractivity contribution in [1.82, 2.24) is 5.43 Å². The van der Waals surface area contributed by atoms with Gasteiger partial charge in [-0.05, 0) is 38.0 Å². The first-order chi connectivity index (χ1) is 8.13. The van der Waals surface area contributed by atoms with Gasteiger partial charge in [0, 0.05) is 16.3 Å². The number of carbonyl (C=O) groups excluding carboxylic acids is 1. The lowest BCUT2D eigenvalue weighted by molar-refractivity contribution is 0.0954. The van der Waals surface area contributed by atoms with Gasteiger partial charge in [0.2, 0.25) is 0 Å². The lowest BCUT2D eigenvalue weighted by Gasteiger charge is -2.02. The van der Waals surface area contributed by atoms with E-state index in [0.29, 0.717) is 10.6 Å². The molecule has 1 amide bonds. The molecule has 0 aliphatic carbocycles. The Morgan fingerprint density at radius 3 is 2.88 bits per heavy atom. The Bertz CT molecular complexity index is 416. The molecule has 1 rings (SSSR count). The van der Waals surface area contributed by atoms with Gasteiger partial charge < -0.3 is 0 Å². The molecule has 0 bridgehead atoms. The number of hydrogen-bond acceptors (Lipinski definition) is 2. The van der Waals surface area contributed by atoms with Crippen LogP contribution in [0.5, 0.6) is 0 Å². The highest BCUT2D eigenvalue weighted by atomic mass is 35.5. The second kappa shape index (κ2) is 7.07. The molecule has 0 aliphatic heterocycles. The Labute approximate surface area is 107 Å². The highest BCUT2D eigenvalue weighted by Crippen LogP contribution is 2.10. The number of carbonyl (C=O) groups is 1. The summed E-state index contributed by atoms with van der Waals surface area (Å²) in [6.45, 7) is 4.03. The van der Waals surface area contributed by atoms with Gasteiger partial charge in [-0.15, -0.1) is 0 Å².